The highest BCUT2D eigenvalue weighted by molar-refractivity contribution is 7.80. The van der Waals surface area contributed by atoms with E-state index in [-0.39, 0.29) is 0 Å². The minimum atomic E-state index is 0.429. The third-order valence-corrected chi connectivity index (χ3v) is 4.19. The quantitative estimate of drug-likeness (QED) is 0.602. The van der Waals surface area contributed by atoms with Crippen LogP contribution in [0.2, 0.25) is 0 Å². The summed E-state index contributed by atoms with van der Waals surface area (Å²) in [7, 11) is 0. The van der Waals surface area contributed by atoms with Crippen molar-refractivity contribution >= 4 is 31.2 Å². The number of unbranched alkanes of at least 4 members (excludes halogenated alkanes) is 2. The molecule has 0 N–H and O–H groups in total. The Balaban J connectivity index is 0.000000640. The Labute approximate surface area is 159 Å². The molecule has 0 aliphatic carbocycles. The molecule has 0 amide bonds. The van der Waals surface area contributed by atoms with Gasteiger partial charge in [-0.15, -0.1) is 25.3 Å². The summed E-state index contributed by atoms with van der Waals surface area (Å²) in [6.07, 6.45) is 4.60. The predicted octanol–water partition coefficient (Wildman–Crippen LogP) is 4.20. The number of hydrogen-bond acceptors (Lipinski definition) is 7. The third kappa shape index (κ3) is 10.4. The lowest BCUT2D eigenvalue weighted by atomic mass is 10.3. The molecule has 1 heterocycles. The van der Waals surface area contributed by atoms with E-state index in [0.29, 0.717) is 16.3 Å². The van der Waals surface area contributed by atoms with E-state index in [4.69, 9.17) is 0 Å². The van der Waals surface area contributed by atoms with E-state index in [1.54, 1.807) is 0 Å². The van der Waals surface area contributed by atoms with E-state index in [0.717, 1.165) is 38.8 Å². The van der Waals surface area contributed by atoms with E-state index < -0.39 is 0 Å². The molecular weight excluding hydrogens is 338 g/mol. The molecule has 24 heavy (non-hydrogen) atoms. The third-order valence-electron chi connectivity index (χ3n) is 3.79. The van der Waals surface area contributed by atoms with Gasteiger partial charge in [-0.1, -0.05) is 47.5 Å². The second-order valence-electron chi connectivity index (χ2n) is 5.55. The lowest BCUT2D eigenvalue weighted by Crippen LogP contribution is -2.28. The summed E-state index contributed by atoms with van der Waals surface area (Å²) in [5.41, 5.74) is 0. The molecule has 0 aromatic carbocycles. The van der Waals surface area contributed by atoms with Crippen molar-refractivity contribution in [2.75, 3.05) is 37.6 Å². The smallest absolute Gasteiger partial charge is 0.230 e. The SMILES string of the molecule is CCCCN(CCCC)c1nc(S)nc(S)n1.CCN(CC)CC. The number of anilines is 1. The van der Waals surface area contributed by atoms with Crippen molar-refractivity contribution in [2.24, 2.45) is 0 Å². The van der Waals surface area contributed by atoms with Crippen LogP contribution in [0.3, 0.4) is 0 Å². The zero-order valence-corrected chi connectivity index (χ0v) is 17.8. The Morgan fingerprint density at radius 1 is 0.708 bits per heavy atom. The zero-order chi connectivity index (χ0) is 18.4. The molecule has 0 atom stereocenters. The van der Waals surface area contributed by atoms with Gasteiger partial charge < -0.3 is 9.80 Å². The molecule has 7 heteroatoms. The maximum absolute atomic E-state index is 4.26. The Morgan fingerprint density at radius 3 is 1.42 bits per heavy atom. The van der Waals surface area contributed by atoms with Crippen LogP contribution in [0.5, 0.6) is 0 Å². The van der Waals surface area contributed by atoms with Crippen LogP contribution in [0.25, 0.3) is 0 Å². The van der Waals surface area contributed by atoms with Crippen LogP contribution >= 0.6 is 25.3 Å². The molecular formula is C17H35N5S2. The van der Waals surface area contributed by atoms with Crippen LogP contribution in [0, 0.1) is 0 Å². The van der Waals surface area contributed by atoms with Gasteiger partial charge in [0, 0.05) is 13.1 Å². The molecule has 0 fully saturated rings. The first-order valence-corrected chi connectivity index (χ1v) is 10.0. The number of thiol groups is 2. The number of aromatic nitrogens is 3. The van der Waals surface area contributed by atoms with Crippen LogP contribution in [0.1, 0.15) is 60.3 Å². The normalized spacial score (nSPS) is 10.5. The molecule has 0 aliphatic heterocycles. The molecule has 0 spiro atoms. The van der Waals surface area contributed by atoms with Crippen LogP contribution < -0.4 is 4.90 Å². The van der Waals surface area contributed by atoms with Crippen molar-refractivity contribution in [3.05, 3.63) is 0 Å². The molecule has 1 aromatic rings. The van der Waals surface area contributed by atoms with Crippen molar-refractivity contribution in [3.63, 3.8) is 0 Å². The first-order chi connectivity index (χ1) is 11.5. The minimum Gasteiger partial charge on any atom is -0.341 e. The predicted molar refractivity (Wildman–Crippen MR) is 110 cm³/mol. The lowest BCUT2D eigenvalue weighted by molar-refractivity contribution is 0.321. The van der Waals surface area contributed by atoms with Crippen LogP contribution in [0.4, 0.5) is 5.95 Å². The molecule has 0 bridgehead atoms. The second-order valence-corrected chi connectivity index (χ2v) is 6.35. The molecule has 1 aromatic heterocycles. The Morgan fingerprint density at radius 2 is 1.12 bits per heavy atom. The van der Waals surface area contributed by atoms with Gasteiger partial charge in [-0.3, -0.25) is 0 Å². The average molecular weight is 374 g/mol. The van der Waals surface area contributed by atoms with Gasteiger partial charge in [-0.25, -0.2) is 0 Å². The number of rotatable bonds is 10. The van der Waals surface area contributed by atoms with Crippen LogP contribution in [-0.4, -0.2) is 52.6 Å². The second kappa shape index (κ2) is 14.8. The van der Waals surface area contributed by atoms with Gasteiger partial charge in [0.15, 0.2) is 10.3 Å². The monoisotopic (exact) mass is 373 g/mol. The Kier molecular flexibility index (Phi) is 14.5. The van der Waals surface area contributed by atoms with Crippen molar-refractivity contribution < 1.29 is 0 Å². The van der Waals surface area contributed by atoms with E-state index in [2.05, 4.69) is 84.6 Å². The fourth-order valence-electron chi connectivity index (χ4n) is 2.17. The van der Waals surface area contributed by atoms with Gasteiger partial charge >= 0.3 is 0 Å². The largest absolute Gasteiger partial charge is 0.341 e. The van der Waals surface area contributed by atoms with Crippen molar-refractivity contribution in [2.45, 2.75) is 70.6 Å². The van der Waals surface area contributed by atoms with E-state index >= 15 is 0 Å². The van der Waals surface area contributed by atoms with E-state index in [1.807, 2.05) is 0 Å². The topological polar surface area (TPSA) is 45.2 Å². The van der Waals surface area contributed by atoms with Gasteiger partial charge in [0.25, 0.3) is 0 Å². The first-order valence-electron chi connectivity index (χ1n) is 9.13. The molecule has 1 rings (SSSR count). The summed E-state index contributed by atoms with van der Waals surface area (Å²) < 4.78 is 0. The van der Waals surface area contributed by atoms with Crippen molar-refractivity contribution in [3.8, 4) is 0 Å². The van der Waals surface area contributed by atoms with Crippen molar-refractivity contribution in [1.29, 1.82) is 0 Å². The minimum absolute atomic E-state index is 0.429. The fourth-order valence-corrected chi connectivity index (χ4v) is 2.61. The van der Waals surface area contributed by atoms with Gasteiger partial charge in [0.05, 0.1) is 0 Å². The Bertz CT molecular complexity index is 394. The van der Waals surface area contributed by atoms with Gasteiger partial charge in [-0.2, -0.15) is 15.0 Å². The molecule has 5 nitrogen and oxygen atoms in total. The summed E-state index contributed by atoms with van der Waals surface area (Å²) in [5, 5.41) is 0.857. The van der Waals surface area contributed by atoms with Crippen LogP contribution in [0.15, 0.2) is 10.3 Å². The molecule has 0 unspecified atom stereocenters. The fraction of sp³-hybridized carbons (Fsp3) is 0.824. The summed E-state index contributed by atoms with van der Waals surface area (Å²) in [6.45, 7) is 16.4. The molecule has 0 radical (unpaired) electrons. The number of hydrogen-bond donors (Lipinski definition) is 2. The molecule has 0 saturated heterocycles. The highest BCUT2D eigenvalue weighted by atomic mass is 32.1. The number of nitrogens with zero attached hydrogens (tertiary/aromatic N) is 5. The maximum atomic E-state index is 4.26. The summed E-state index contributed by atoms with van der Waals surface area (Å²) in [5.74, 6) is 0.692. The van der Waals surface area contributed by atoms with Gasteiger partial charge in [0.1, 0.15) is 0 Å². The average Bonchev–Trinajstić information content (AvgIpc) is 2.56. The lowest BCUT2D eigenvalue weighted by Gasteiger charge is -2.22. The van der Waals surface area contributed by atoms with Crippen molar-refractivity contribution in [1.82, 2.24) is 19.9 Å². The van der Waals surface area contributed by atoms with E-state index in [9.17, 15) is 0 Å². The maximum Gasteiger partial charge on any atom is 0.230 e. The highest BCUT2D eigenvalue weighted by Crippen LogP contribution is 2.13. The molecule has 140 valence electrons. The zero-order valence-electron chi connectivity index (χ0n) is 16.0. The first kappa shape index (κ1) is 23.5. The van der Waals surface area contributed by atoms with E-state index in [1.165, 1.54) is 19.6 Å². The molecule has 0 saturated carbocycles. The summed E-state index contributed by atoms with van der Waals surface area (Å²) in [6, 6.07) is 0. The summed E-state index contributed by atoms with van der Waals surface area (Å²) >= 11 is 8.33. The Hall–Kier alpha value is -0.530. The highest BCUT2D eigenvalue weighted by Gasteiger charge is 2.10. The summed E-state index contributed by atoms with van der Waals surface area (Å²) in [4.78, 5) is 17.0. The standard InChI is InChI=1S/C11H20N4S2.C6H15N/c1-3-5-7-15(8-6-4-2)9-12-10(16)14-11(17)13-9;1-4-7(5-2)6-3/h3-8H2,1-2H3,(H2,12,13,14,16,17);4-6H2,1-3H3. The van der Waals surface area contributed by atoms with Crippen LogP contribution in [-0.2, 0) is 0 Å². The molecule has 0 aliphatic rings. The van der Waals surface area contributed by atoms with Gasteiger partial charge in [0.2, 0.25) is 5.95 Å². The van der Waals surface area contributed by atoms with Gasteiger partial charge in [-0.05, 0) is 32.5 Å².